The third-order valence-electron chi connectivity index (χ3n) is 6.43. The summed E-state index contributed by atoms with van der Waals surface area (Å²) in [6, 6.07) is 14.7. The van der Waals surface area contributed by atoms with E-state index < -0.39 is 0 Å². The molecule has 0 spiro atoms. The first-order valence-corrected chi connectivity index (χ1v) is 11.6. The number of benzene rings is 2. The highest BCUT2D eigenvalue weighted by atomic mass is 32.1. The van der Waals surface area contributed by atoms with E-state index in [0.29, 0.717) is 37.9 Å². The highest BCUT2D eigenvalue weighted by Gasteiger charge is 2.33. The molecule has 2 aliphatic heterocycles. The number of carbonyl (C=O) groups is 1. The van der Waals surface area contributed by atoms with Crippen molar-refractivity contribution < 1.29 is 19.5 Å². The number of quaternary nitrogens is 1. The topological polar surface area (TPSA) is 54.2 Å². The second-order valence-electron chi connectivity index (χ2n) is 8.17. The summed E-state index contributed by atoms with van der Waals surface area (Å²) >= 11 is 1.81. The Bertz CT molecular complexity index is 1040. The Balaban J connectivity index is 1.53. The number of ether oxygens (including phenoxy) is 1. The van der Waals surface area contributed by atoms with Crippen LogP contribution in [-0.4, -0.2) is 48.8 Å². The minimum Gasteiger partial charge on any atom is -0.507 e. The minimum atomic E-state index is -0.103. The van der Waals surface area contributed by atoms with Crippen molar-refractivity contribution in [2.45, 2.75) is 25.4 Å². The van der Waals surface area contributed by atoms with Gasteiger partial charge in [0.1, 0.15) is 18.3 Å². The lowest BCUT2D eigenvalue weighted by molar-refractivity contribution is -0.931. The normalized spacial score (nSPS) is 21.9. The number of phenols is 1. The van der Waals surface area contributed by atoms with E-state index in [4.69, 9.17) is 4.74 Å². The fourth-order valence-corrected chi connectivity index (χ4v) is 5.79. The lowest BCUT2D eigenvalue weighted by Crippen LogP contribution is -3.08. The molecule has 3 heterocycles. The van der Waals surface area contributed by atoms with Crippen molar-refractivity contribution in [1.82, 2.24) is 4.90 Å². The van der Waals surface area contributed by atoms with Gasteiger partial charge in [0, 0.05) is 25.9 Å². The van der Waals surface area contributed by atoms with Gasteiger partial charge in [-0.3, -0.25) is 4.79 Å². The van der Waals surface area contributed by atoms with E-state index in [-0.39, 0.29) is 11.7 Å². The molecule has 2 fully saturated rings. The maximum absolute atomic E-state index is 13.2. The average molecular weight is 424 g/mol. The highest BCUT2D eigenvalue weighted by molar-refractivity contribution is 7.10. The van der Waals surface area contributed by atoms with Crippen LogP contribution in [0.4, 0.5) is 0 Å². The largest absolute Gasteiger partial charge is 0.507 e. The maximum atomic E-state index is 13.2. The van der Waals surface area contributed by atoms with Crippen LogP contribution in [0.5, 0.6) is 5.75 Å². The summed E-state index contributed by atoms with van der Waals surface area (Å²) in [5, 5.41) is 15.5. The molecule has 5 nitrogen and oxygen atoms in total. The molecule has 6 heteroatoms. The molecule has 2 N–H and O–H groups in total. The zero-order chi connectivity index (χ0) is 20.5. The minimum absolute atomic E-state index is 0.103. The number of fused-ring (bicyclic) bond motifs is 1. The second kappa shape index (κ2) is 8.38. The summed E-state index contributed by atoms with van der Waals surface area (Å²) in [7, 11) is 0. The summed E-state index contributed by atoms with van der Waals surface area (Å²) in [5.74, 6) is 0.0450. The number of carbonyl (C=O) groups excluding carboxylic acids is 1. The van der Waals surface area contributed by atoms with Crippen LogP contribution in [-0.2, 0) is 11.3 Å². The molecule has 156 valence electrons. The molecule has 2 aromatic carbocycles. The number of aromatic hydroxyl groups is 1. The molecule has 2 atom stereocenters. The molecular formula is C24H27N2O3S+. The van der Waals surface area contributed by atoms with Crippen LogP contribution >= 0.6 is 11.3 Å². The van der Waals surface area contributed by atoms with Gasteiger partial charge in [-0.25, -0.2) is 0 Å². The van der Waals surface area contributed by atoms with Gasteiger partial charge in [0.15, 0.2) is 0 Å². The Morgan fingerprint density at radius 2 is 2.03 bits per heavy atom. The van der Waals surface area contributed by atoms with Crippen molar-refractivity contribution in [3.8, 4) is 5.75 Å². The molecule has 0 radical (unpaired) electrons. The van der Waals surface area contributed by atoms with Gasteiger partial charge in [-0.2, -0.15) is 0 Å². The van der Waals surface area contributed by atoms with Crippen molar-refractivity contribution in [2.24, 2.45) is 0 Å². The van der Waals surface area contributed by atoms with E-state index in [0.717, 1.165) is 29.4 Å². The average Bonchev–Trinajstić information content (AvgIpc) is 3.47. The molecule has 1 aromatic heterocycles. The second-order valence-corrected chi connectivity index (χ2v) is 9.15. The van der Waals surface area contributed by atoms with Crippen molar-refractivity contribution in [2.75, 3.05) is 32.8 Å². The van der Waals surface area contributed by atoms with E-state index in [1.54, 1.807) is 4.90 Å². The number of phenolic OH excluding ortho intramolecular Hbond substituents is 1. The predicted octanol–water partition coefficient (Wildman–Crippen LogP) is 3.00. The van der Waals surface area contributed by atoms with Gasteiger partial charge in [-0.15, -0.1) is 11.3 Å². The first kappa shape index (κ1) is 19.5. The summed E-state index contributed by atoms with van der Waals surface area (Å²) in [6.45, 7) is 4.04. The van der Waals surface area contributed by atoms with E-state index in [9.17, 15) is 9.90 Å². The summed E-state index contributed by atoms with van der Waals surface area (Å²) < 4.78 is 5.39. The molecule has 0 aliphatic carbocycles. The zero-order valence-corrected chi connectivity index (χ0v) is 17.8. The molecule has 5 rings (SSSR count). The molecule has 2 saturated heterocycles. The monoisotopic (exact) mass is 423 g/mol. The van der Waals surface area contributed by atoms with Gasteiger partial charge in [0.05, 0.1) is 35.8 Å². The zero-order valence-electron chi connectivity index (χ0n) is 17.0. The van der Waals surface area contributed by atoms with E-state index >= 15 is 0 Å². The fraction of sp³-hybridized carbons (Fsp3) is 0.375. The fourth-order valence-electron chi connectivity index (χ4n) is 4.87. The van der Waals surface area contributed by atoms with Crippen LogP contribution in [0.25, 0.3) is 10.8 Å². The van der Waals surface area contributed by atoms with Crippen molar-refractivity contribution in [3.05, 3.63) is 63.8 Å². The molecule has 2 aliphatic rings. The summed E-state index contributed by atoms with van der Waals surface area (Å²) in [6.07, 6.45) is 2.35. The predicted molar refractivity (Wildman–Crippen MR) is 118 cm³/mol. The third-order valence-corrected chi connectivity index (χ3v) is 7.42. The number of amides is 1. The first-order valence-electron chi connectivity index (χ1n) is 10.7. The van der Waals surface area contributed by atoms with Crippen LogP contribution < -0.4 is 4.90 Å². The molecule has 3 aromatic rings. The van der Waals surface area contributed by atoms with Gasteiger partial charge < -0.3 is 19.6 Å². The third kappa shape index (κ3) is 3.60. The Morgan fingerprint density at radius 3 is 2.83 bits per heavy atom. The smallest absolute Gasteiger partial charge is 0.257 e. The number of morpholine rings is 1. The number of thiophene rings is 1. The van der Waals surface area contributed by atoms with E-state index in [2.05, 4.69) is 23.6 Å². The molecule has 1 amide bonds. The molecule has 30 heavy (non-hydrogen) atoms. The maximum Gasteiger partial charge on any atom is 0.257 e. The van der Waals surface area contributed by atoms with Crippen LogP contribution in [0.3, 0.4) is 0 Å². The van der Waals surface area contributed by atoms with Gasteiger partial charge in [-0.05, 0) is 28.3 Å². The molecule has 0 bridgehead atoms. The van der Waals surface area contributed by atoms with Gasteiger partial charge in [0.25, 0.3) is 5.91 Å². The lowest BCUT2D eigenvalue weighted by Gasteiger charge is -2.28. The van der Waals surface area contributed by atoms with Crippen molar-refractivity contribution >= 4 is 28.0 Å². The van der Waals surface area contributed by atoms with Crippen LogP contribution in [0.2, 0.25) is 0 Å². The van der Waals surface area contributed by atoms with Crippen LogP contribution in [0.1, 0.15) is 39.7 Å². The van der Waals surface area contributed by atoms with Crippen LogP contribution in [0, 0.1) is 0 Å². The molecule has 1 unspecified atom stereocenters. The van der Waals surface area contributed by atoms with Crippen molar-refractivity contribution in [3.63, 3.8) is 0 Å². The number of hydrogen-bond donors (Lipinski definition) is 2. The highest BCUT2D eigenvalue weighted by Crippen LogP contribution is 2.33. The number of rotatable bonds is 4. The molecular weight excluding hydrogens is 396 g/mol. The van der Waals surface area contributed by atoms with Gasteiger partial charge in [-0.1, -0.05) is 30.3 Å². The SMILES string of the molecule is O=C(c1cc2ccccc2c(C[NH+]2CCC[C@@H]2c2cccs2)c1O)N1CCOCC1. The van der Waals surface area contributed by atoms with E-state index in [1.807, 2.05) is 35.6 Å². The van der Waals surface area contributed by atoms with E-state index in [1.165, 1.54) is 22.6 Å². The number of nitrogens with zero attached hydrogens (tertiary/aromatic N) is 1. The Morgan fingerprint density at radius 1 is 1.20 bits per heavy atom. The standard InChI is InChI=1S/C24H26N2O3S/c27-23-19(24(28)25-10-12-29-13-11-25)15-17-5-1-2-6-18(17)20(23)16-26-9-3-7-21(26)22-8-4-14-30-22/h1-2,4-6,8,14-15,21,27H,3,7,9-13,16H2/p+1/t21-/m1/s1. The number of hydrogen-bond acceptors (Lipinski definition) is 4. The first-order chi connectivity index (χ1) is 14.7. The summed E-state index contributed by atoms with van der Waals surface area (Å²) in [5.41, 5.74) is 1.31. The Hall–Kier alpha value is -2.41. The van der Waals surface area contributed by atoms with Crippen molar-refractivity contribution in [1.29, 1.82) is 0 Å². The lowest BCUT2D eigenvalue weighted by atomic mass is 9.97. The van der Waals surface area contributed by atoms with Gasteiger partial charge >= 0.3 is 0 Å². The van der Waals surface area contributed by atoms with Crippen LogP contribution in [0.15, 0.2) is 47.8 Å². The Kier molecular flexibility index (Phi) is 5.46. The quantitative estimate of drug-likeness (QED) is 0.678. The van der Waals surface area contributed by atoms with Gasteiger partial charge in [0.2, 0.25) is 0 Å². The number of nitrogens with one attached hydrogen (secondary N) is 1. The Labute approximate surface area is 180 Å². The number of likely N-dealkylation sites (tertiary alicyclic amines) is 1. The molecule has 0 saturated carbocycles. The summed E-state index contributed by atoms with van der Waals surface area (Å²) in [4.78, 5) is 17.9.